The largest absolute Gasteiger partial charge is 0.485 e. The van der Waals surface area contributed by atoms with E-state index in [2.05, 4.69) is 4.98 Å². The van der Waals surface area contributed by atoms with Crippen LogP contribution in [-0.4, -0.2) is 52.1 Å². The van der Waals surface area contributed by atoms with Crippen LogP contribution in [0, 0.1) is 5.82 Å². The van der Waals surface area contributed by atoms with Gasteiger partial charge in [-0.15, -0.1) is 0 Å². The number of nitrogens with zero attached hydrogens (tertiary/aromatic N) is 3. The van der Waals surface area contributed by atoms with Crippen molar-refractivity contribution in [3.8, 4) is 5.75 Å². The standard InChI is InChI=1S/C21H20FN3O4/c1-28-21(27)18-10-14(29-19-9-5-2-6-15(19)22)11-25(18)20(26)12-24-13-23-16-7-3-4-8-17(16)24/h2-9,13-14,18H,10-12H2,1H3/t14-,18+/m0/s1. The van der Waals surface area contributed by atoms with E-state index < -0.39 is 23.9 Å². The van der Waals surface area contributed by atoms with Crippen LogP contribution in [0.3, 0.4) is 0 Å². The van der Waals surface area contributed by atoms with Crippen molar-refractivity contribution in [3.05, 3.63) is 60.7 Å². The summed E-state index contributed by atoms with van der Waals surface area (Å²) in [5.74, 6) is -1.18. The zero-order chi connectivity index (χ0) is 20.4. The second-order valence-electron chi connectivity index (χ2n) is 6.85. The van der Waals surface area contributed by atoms with Gasteiger partial charge < -0.3 is 18.9 Å². The van der Waals surface area contributed by atoms with E-state index in [1.54, 1.807) is 23.0 Å². The number of aromatic nitrogens is 2. The Morgan fingerprint density at radius 2 is 1.93 bits per heavy atom. The van der Waals surface area contributed by atoms with Crippen LogP contribution in [0.4, 0.5) is 4.39 Å². The summed E-state index contributed by atoms with van der Waals surface area (Å²) < 4.78 is 26.2. The molecule has 2 atom stereocenters. The minimum atomic E-state index is -0.779. The fraction of sp³-hybridized carbons (Fsp3) is 0.286. The Kier molecular flexibility index (Phi) is 5.16. The first-order valence-electron chi connectivity index (χ1n) is 9.25. The maximum absolute atomic E-state index is 13.9. The van der Waals surface area contributed by atoms with Crippen molar-refractivity contribution < 1.29 is 23.5 Å². The van der Waals surface area contributed by atoms with Crippen molar-refractivity contribution in [1.29, 1.82) is 0 Å². The Labute approximate surface area is 166 Å². The summed E-state index contributed by atoms with van der Waals surface area (Å²) in [5.41, 5.74) is 1.61. The molecule has 2 heterocycles. The van der Waals surface area contributed by atoms with E-state index in [4.69, 9.17) is 9.47 Å². The van der Waals surface area contributed by atoms with Gasteiger partial charge in [0.15, 0.2) is 11.6 Å². The van der Waals surface area contributed by atoms with Gasteiger partial charge in [-0.1, -0.05) is 24.3 Å². The van der Waals surface area contributed by atoms with Crippen molar-refractivity contribution >= 4 is 22.9 Å². The van der Waals surface area contributed by atoms with E-state index in [1.807, 2.05) is 24.3 Å². The highest BCUT2D eigenvalue weighted by Crippen LogP contribution is 2.26. The fourth-order valence-corrected chi connectivity index (χ4v) is 3.61. The number of amides is 1. The third kappa shape index (κ3) is 3.78. The van der Waals surface area contributed by atoms with E-state index >= 15 is 0 Å². The summed E-state index contributed by atoms with van der Waals surface area (Å²) in [6, 6.07) is 12.8. The maximum atomic E-state index is 13.9. The normalized spacial score (nSPS) is 18.8. The molecule has 1 amide bonds. The van der Waals surface area contributed by atoms with Crippen LogP contribution >= 0.6 is 0 Å². The van der Waals surface area contributed by atoms with Crippen molar-refractivity contribution in [3.63, 3.8) is 0 Å². The summed E-state index contributed by atoms with van der Waals surface area (Å²) >= 11 is 0. The highest BCUT2D eigenvalue weighted by molar-refractivity contribution is 5.86. The van der Waals surface area contributed by atoms with Crippen LogP contribution in [0.15, 0.2) is 54.9 Å². The van der Waals surface area contributed by atoms with Crippen LogP contribution in [0.25, 0.3) is 11.0 Å². The SMILES string of the molecule is COC(=O)[C@H]1C[C@H](Oc2ccccc2F)CN1C(=O)Cn1cnc2ccccc21. The molecule has 1 aromatic heterocycles. The van der Waals surface area contributed by atoms with E-state index in [0.29, 0.717) is 0 Å². The number of hydrogen-bond donors (Lipinski definition) is 0. The van der Waals surface area contributed by atoms with E-state index in [-0.39, 0.29) is 31.2 Å². The number of carbonyl (C=O) groups is 2. The number of imidazole rings is 1. The molecule has 0 saturated carbocycles. The number of hydrogen-bond acceptors (Lipinski definition) is 5. The molecule has 3 aromatic rings. The first-order valence-corrected chi connectivity index (χ1v) is 9.25. The Morgan fingerprint density at radius 3 is 2.72 bits per heavy atom. The Morgan fingerprint density at radius 1 is 1.17 bits per heavy atom. The summed E-state index contributed by atoms with van der Waals surface area (Å²) in [7, 11) is 1.28. The van der Waals surface area contributed by atoms with Crippen LogP contribution < -0.4 is 4.74 Å². The highest BCUT2D eigenvalue weighted by atomic mass is 19.1. The molecular formula is C21H20FN3O4. The highest BCUT2D eigenvalue weighted by Gasteiger charge is 2.41. The minimum absolute atomic E-state index is 0.0282. The molecule has 0 bridgehead atoms. The summed E-state index contributed by atoms with van der Waals surface area (Å²) in [6.45, 7) is 0.194. The lowest BCUT2D eigenvalue weighted by atomic mass is 10.2. The number of likely N-dealkylation sites (tertiary alicyclic amines) is 1. The van der Waals surface area contributed by atoms with Crippen LogP contribution in [0.1, 0.15) is 6.42 Å². The number of para-hydroxylation sites is 3. The molecule has 1 aliphatic heterocycles. The van der Waals surface area contributed by atoms with Crippen molar-refractivity contribution in [2.75, 3.05) is 13.7 Å². The molecule has 0 aliphatic carbocycles. The number of rotatable bonds is 5. The lowest BCUT2D eigenvalue weighted by Gasteiger charge is -2.22. The predicted octanol–water partition coefficient (Wildman–Crippen LogP) is 2.40. The molecular weight excluding hydrogens is 377 g/mol. The zero-order valence-corrected chi connectivity index (χ0v) is 15.8. The molecule has 2 aromatic carbocycles. The number of methoxy groups -OCH3 is 1. The first kappa shape index (κ1) is 18.9. The van der Waals surface area contributed by atoms with Gasteiger partial charge in [-0.05, 0) is 24.3 Å². The van der Waals surface area contributed by atoms with Gasteiger partial charge in [-0.3, -0.25) is 4.79 Å². The molecule has 7 nitrogen and oxygen atoms in total. The molecule has 29 heavy (non-hydrogen) atoms. The molecule has 150 valence electrons. The topological polar surface area (TPSA) is 73.7 Å². The van der Waals surface area contributed by atoms with Crippen molar-refractivity contribution in [2.24, 2.45) is 0 Å². The molecule has 1 fully saturated rings. The van der Waals surface area contributed by atoms with Crippen molar-refractivity contribution in [1.82, 2.24) is 14.5 Å². The van der Waals surface area contributed by atoms with Gasteiger partial charge in [0.2, 0.25) is 5.91 Å². The molecule has 0 unspecified atom stereocenters. The first-order chi connectivity index (χ1) is 14.1. The van der Waals surface area contributed by atoms with E-state index in [9.17, 15) is 14.0 Å². The number of benzene rings is 2. The van der Waals surface area contributed by atoms with E-state index in [1.165, 1.54) is 24.1 Å². The molecule has 0 N–H and O–H groups in total. The molecule has 0 spiro atoms. The average molecular weight is 397 g/mol. The quantitative estimate of drug-likeness (QED) is 0.618. The maximum Gasteiger partial charge on any atom is 0.328 e. The summed E-state index contributed by atoms with van der Waals surface area (Å²) in [4.78, 5) is 31.0. The number of fused-ring (bicyclic) bond motifs is 1. The molecule has 1 saturated heterocycles. The molecule has 1 aliphatic rings. The number of halogens is 1. The summed E-state index contributed by atoms with van der Waals surface area (Å²) in [6.07, 6.45) is 1.32. The molecule has 4 rings (SSSR count). The second kappa shape index (κ2) is 7.90. The minimum Gasteiger partial charge on any atom is -0.485 e. The number of esters is 1. The van der Waals surface area contributed by atoms with Crippen LogP contribution in [0.2, 0.25) is 0 Å². The molecule has 8 heteroatoms. The second-order valence-corrected chi connectivity index (χ2v) is 6.85. The Balaban J connectivity index is 1.52. The van der Waals surface area contributed by atoms with Crippen molar-refractivity contribution in [2.45, 2.75) is 25.1 Å². The Bertz CT molecular complexity index is 1050. The predicted molar refractivity (Wildman–Crippen MR) is 103 cm³/mol. The van der Waals surface area contributed by atoms with Gasteiger partial charge in [-0.2, -0.15) is 0 Å². The lowest BCUT2D eigenvalue weighted by Crippen LogP contribution is -2.42. The third-order valence-electron chi connectivity index (χ3n) is 5.02. The average Bonchev–Trinajstić information content (AvgIpc) is 3.34. The van der Waals surface area contributed by atoms with Gasteiger partial charge in [0.05, 0.1) is 31.0 Å². The van der Waals surface area contributed by atoms with Crippen LogP contribution in [-0.2, 0) is 20.9 Å². The van der Waals surface area contributed by atoms with Gasteiger partial charge in [0.25, 0.3) is 0 Å². The van der Waals surface area contributed by atoms with E-state index in [0.717, 1.165) is 11.0 Å². The number of carbonyl (C=O) groups excluding carboxylic acids is 2. The smallest absolute Gasteiger partial charge is 0.328 e. The molecule has 0 radical (unpaired) electrons. The Hall–Kier alpha value is -3.42. The lowest BCUT2D eigenvalue weighted by molar-refractivity contribution is -0.151. The zero-order valence-electron chi connectivity index (χ0n) is 15.8. The monoisotopic (exact) mass is 397 g/mol. The number of ether oxygens (including phenoxy) is 2. The van der Waals surface area contributed by atoms with Gasteiger partial charge >= 0.3 is 5.97 Å². The fourth-order valence-electron chi connectivity index (χ4n) is 3.61. The van der Waals surface area contributed by atoms with Gasteiger partial charge in [-0.25, -0.2) is 14.2 Å². The van der Waals surface area contributed by atoms with Crippen LogP contribution in [0.5, 0.6) is 5.75 Å². The van der Waals surface area contributed by atoms with Gasteiger partial charge in [0.1, 0.15) is 18.7 Å². The van der Waals surface area contributed by atoms with Gasteiger partial charge in [0, 0.05) is 6.42 Å². The third-order valence-corrected chi connectivity index (χ3v) is 5.02. The summed E-state index contributed by atoms with van der Waals surface area (Å²) in [5, 5.41) is 0.